The fourth-order valence-corrected chi connectivity index (χ4v) is 5.89. The molecule has 1 amide bonds. The lowest BCUT2D eigenvalue weighted by Gasteiger charge is -2.22. The first kappa shape index (κ1) is 22.6. The maximum atomic E-state index is 13.3. The number of benzene rings is 2. The van der Waals surface area contributed by atoms with Gasteiger partial charge in [0.05, 0.1) is 5.69 Å². The third kappa shape index (κ3) is 4.44. The molecule has 34 heavy (non-hydrogen) atoms. The highest BCUT2D eigenvalue weighted by Crippen LogP contribution is 2.30. The Hall–Kier alpha value is -3.20. The number of hydrogen-bond donors (Lipinski definition) is 1. The van der Waals surface area contributed by atoms with Gasteiger partial charge in [-0.25, -0.2) is 8.42 Å². The van der Waals surface area contributed by atoms with Crippen LogP contribution < -0.4 is 5.32 Å². The van der Waals surface area contributed by atoms with Crippen molar-refractivity contribution in [1.82, 2.24) is 14.6 Å². The number of sulfonamides is 1. The number of fused-ring (bicyclic) bond motifs is 1. The molecule has 1 atom stereocenters. The fourth-order valence-electron chi connectivity index (χ4n) is 4.16. The molecule has 3 heterocycles. The normalized spacial score (nSPS) is 16.7. The van der Waals surface area contributed by atoms with Crippen molar-refractivity contribution in [2.24, 2.45) is 0 Å². The van der Waals surface area contributed by atoms with Crippen molar-refractivity contribution in [3.63, 3.8) is 0 Å². The Bertz CT molecular complexity index is 1420. The molecular weight excluding hydrogens is 474 g/mol. The summed E-state index contributed by atoms with van der Waals surface area (Å²) >= 11 is 5.96. The molecule has 1 aliphatic rings. The molecule has 0 saturated carbocycles. The van der Waals surface area contributed by atoms with E-state index in [0.717, 1.165) is 16.8 Å². The second-order valence-corrected chi connectivity index (χ2v) is 10.4. The highest BCUT2D eigenvalue weighted by atomic mass is 35.5. The van der Waals surface area contributed by atoms with Gasteiger partial charge in [-0.15, -0.1) is 0 Å². The predicted molar refractivity (Wildman–Crippen MR) is 130 cm³/mol. The summed E-state index contributed by atoms with van der Waals surface area (Å²) in [6, 6.07) is 18.9. The SMILES string of the molecule is O=C(NCc1ccnc(-c2ccc(Cl)cc2)c1)[C@@H]1CCCN1S(=O)(=O)c1cc2ccccc2o1. The smallest absolute Gasteiger partial charge is 0.277 e. The van der Waals surface area contributed by atoms with Crippen molar-refractivity contribution in [2.45, 2.75) is 30.5 Å². The Kier molecular flexibility index (Phi) is 6.12. The molecule has 5 rings (SSSR count). The number of nitrogens with zero attached hydrogens (tertiary/aromatic N) is 2. The number of carbonyl (C=O) groups excluding carboxylic acids is 1. The molecule has 7 nitrogen and oxygen atoms in total. The van der Waals surface area contributed by atoms with E-state index < -0.39 is 16.1 Å². The number of hydrogen-bond acceptors (Lipinski definition) is 5. The standard InChI is InChI=1S/C25H22ClN3O4S/c26-20-9-7-18(8-10-20)21-14-17(11-12-27-21)16-28-25(30)22-5-3-13-29(22)34(31,32)24-15-19-4-1-2-6-23(19)33-24/h1-2,4,6-12,14-15,22H,3,5,13,16H2,(H,28,30)/t22-/m0/s1. The van der Waals surface area contributed by atoms with E-state index in [0.29, 0.717) is 28.8 Å². The van der Waals surface area contributed by atoms with Gasteiger partial charge >= 0.3 is 0 Å². The molecule has 174 valence electrons. The van der Waals surface area contributed by atoms with Gasteiger partial charge in [0.2, 0.25) is 11.0 Å². The van der Waals surface area contributed by atoms with E-state index in [-0.39, 0.29) is 24.1 Å². The molecule has 1 N–H and O–H groups in total. The lowest BCUT2D eigenvalue weighted by Crippen LogP contribution is -2.45. The molecule has 0 spiro atoms. The van der Waals surface area contributed by atoms with E-state index in [1.807, 2.05) is 30.3 Å². The van der Waals surface area contributed by atoms with Crippen molar-refractivity contribution in [2.75, 3.05) is 6.54 Å². The van der Waals surface area contributed by atoms with Crippen LogP contribution in [0.2, 0.25) is 5.02 Å². The number of amides is 1. The number of halogens is 1. The zero-order valence-corrected chi connectivity index (χ0v) is 19.7. The van der Waals surface area contributed by atoms with Gasteiger partial charge in [0, 0.05) is 41.3 Å². The first-order valence-corrected chi connectivity index (χ1v) is 12.7. The van der Waals surface area contributed by atoms with E-state index in [2.05, 4.69) is 10.3 Å². The average molecular weight is 496 g/mol. The maximum absolute atomic E-state index is 13.3. The largest absolute Gasteiger partial charge is 0.443 e. The number of aromatic nitrogens is 1. The van der Waals surface area contributed by atoms with Gasteiger partial charge in [-0.05, 0) is 48.7 Å². The van der Waals surface area contributed by atoms with E-state index in [1.54, 1.807) is 36.5 Å². The van der Waals surface area contributed by atoms with Crippen LogP contribution in [-0.4, -0.2) is 36.2 Å². The second kappa shape index (κ2) is 9.21. The molecule has 0 bridgehead atoms. The Morgan fingerprint density at radius 1 is 1.12 bits per heavy atom. The van der Waals surface area contributed by atoms with Crippen LogP contribution in [0.4, 0.5) is 0 Å². The zero-order valence-electron chi connectivity index (χ0n) is 18.1. The Morgan fingerprint density at radius 3 is 2.71 bits per heavy atom. The van der Waals surface area contributed by atoms with E-state index >= 15 is 0 Å². The number of para-hydroxylation sites is 1. The Balaban J connectivity index is 1.30. The van der Waals surface area contributed by atoms with Crippen LogP contribution in [0.25, 0.3) is 22.2 Å². The molecule has 2 aromatic heterocycles. The van der Waals surface area contributed by atoms with Crippen molar-refractivity contribution in [3.8, 4) is 11.3 Å². The number of carbonyl (C=O) groups is 1. The van der Waals surface area contributed by atoms with E-state index in [4.69, 9.17) is 16.0 Å². The molecule has 0 aliphatic carbocycles. The van der Waals surface area contributed by atoms with Crippen LogP contribution in [0, 0.1) is 0 Å². The summed E-state index contributed by atoms with van der Waals surface area (Å²) in [6.07, 6.45) is 2.74. The van der Waals surface area contributed by atoms with Gasteiger partial charge in [0.15, 0.2) is 0 Å². The highest BCUT2D eigenvalue weighted by molar-refractivity contribution is 7.89. The van der Waals surface area contributed by atoms with Crippen molar-refractivity contribution < 1.29 is 17.6 Å². The van der Waals surface area contributed by atoms with Crippen LogP contribution in [0.15, 0.2) is 82.4 Å². The lowest BCUT2D eigenvalue weighted by atomic mass is 10.1. The summed E-state index contributed by atoms with van der Waals surface area (Å²) in [7, 11) is -3.94. The van der Waals surface area contributed by atoms with Gasteiger partial charge in [0.1, 0.15) is 11.6 Å². The number of rotatable bonds is 6. The summed E-state index contributed by atoms with van der Waals surface area (Å²) in [5, 5.41) is 4.09. The van der Waals surface area contributed by atoms with Gasteiger partial charge in [-0.3, -0.25) is 9.78 Å². The summed E-state index contributed by atoms with van der Waals surface area (Å²) in [5.74, 6) is -0.331. The van der Waals surface area contributed by atoms with Gasteiger partial charge in [-0.1, -0.05) is 41.9 Å². The summed E-state index contributed by atoms with van der Waals surface area (Å²) in [5.41, 5.74) is 3.03. The van der Waals surface area contributed by atoms with Crippen LogP contribution >= 0.6 is 11.6 Å². The molecule has 4 aromatic rings. The van der Waals surface area contributed by atoms with E-state index in [9.17, 15) is 13.2 Å². The van der Waals surface area contributed by atoms with Crippen LogP contribution in [0.1, 0.15) is 18.4 Å². The Morgan fingerprint density at radius 2 is 1.91 bits per heavy atom. The van der Waals surface area contributed by atoms with E-state index in [1.165, 1.54) is 10.4 Å². The third-order valence-electron chi connectivity index (χ3n) is 5.90. The minimum atomic E-state index is -3.94. The van der Waals surface area contributed by atoms with Crippen LogP contribution in [0.5, 0.6) is 0 Å². The monoisotopic (exact) mass is 495 g/mol. The molecule has 1 aliphatic heterocycles. The van der Waals surface area contributed by atoms with Crippen LogP contribution in [-0.2, 0) is 21.4 Å². The summed E-state index contributed by atoms with van der Waals surface area (Å²) in [6.45, 7) is 0.532. The molecule has 1 fully saturated rings. The number of pyridine rings is 1. The minimum Gasteiger partial charge on any atom is -0.443 e. The zero-order chi connectivity index (χ0) is 23.7. The Labute approximate surface area is 202 Å². The molecule has 1 saturated heterocycles. The lowest BCUT2D eigenvalue weighted by molar-refractivity contribution is -0.124. The van der Waals surface area contributed by atoms with Gasteiger partial charge < -0.3 is 9.73 Å². The third-order valence-corrected chi connectivity index (χ3v) is 7.92. The molecule has 2 aromatic carbocycles. The number of nitrogens with one attached hydrogen (secondary N) is 1. The molecular formula is C25H22ClN3O4S. The quantitative estimate of drug-likeness (QED) is 0.421. The van der Waals surface area contributed by atoms with Crippen LogP contribution in [0.3, 0.4) is 0 Å². The molecule has 0 unspecified atom stereocenters. The maximum Gasteiger partial charge on any atom is 0.277 e. The average Bonchev–Trinajstić information content (AvgIpc) is 3.51. The predicted octanol–water partition coefficient (Wildman–Crippen LogP) is 4.62. The highest BCUT2D eigenvalue weighted by Gasteiger charge is 2.41. The minimum absolute atomic E-state index is 0.143. The molecule has 0 radical (unpaired) electrons. The van der Waals surface area contributed by atoms with Gasteiger partial charge in [-0.2, -0.15) is 4.31 Å². The van der Waals surface area contributed by atoms with Gasteiger partial charge in [0.25, 0.3) is 10.0 Å². The molecule has 9 heteroatoms. The summed E-state index contributed by atoms with van der Waals surface area (Å²) < 4.78 is 33.3. The topological polar surface area (TPSA) is 92.5 Å². The second-order valence-electron chi connectivity index (χ2n) is 8.15. The fraction of sp³-hybridized carbons (Fsp3) is 0.200. The first-order valence-electron chi connectivity index (χ1n) is 10.9. The van der Waals surface area contributed by atoms with Crippen molar-refractivity contribution >= 4 is 38.5 Å². The number of furan rings is 1. The van der Waals surface area contributed by atoms with Crippen molar-refractivity contribution in [1.29, 1.82) is 0 Å². The summed E-state index contributed by atoms with van der Waals surface area (Å²) in [4.78, 5) is 17.4. The van der Waals surface area contributed by atoms with Crippen molar-refractivity contribution in [3.05, 3.63) is 83.5 Å². The first-order chi connectivity index (χ1) is 16.4.